The Balaban J connectivity index is 3.16. The smallest absolute Gasteiger partial charge is 0.253 e. The molecule has 0 saturated carbocycles. The van der Waals surface area contributed by atoms with E-state index in [4.69, 9.17) is 0 Å². The number of sulfone groups is 1. The second-order valence-corrected chi connectivity index (χ2v) is 13.1. The summed E-state index contributed by atoms with van der Waals surface area (Å²) in [6.45, 7) is 11.3. The van der Waals surface area contributed by atoms with Gasteiger partial charge >= 0.3 is 0 Å². The number of rotatable bonds is 17. The Morgan fingerprint density at radius 3 is 2.18 bits per heavy atom. The van der Waals surface area contributed by atoms with Crippen LogP contribution in [0.4, 0.5) is 0 Å². The van der Waals surface area contributed by atoms with Crippen molar-refractivity contribution in [3.8, 4) is 0 Å². The molecule has 222 valence electrons. The summed E-state index contributed by atoms with van der Waals surface area (Å²) in [4.78, 5) is 42.5. The first-order valence-electron chi connectivity index (χ1n) is 13.5. The molecule has 0 radical (unpaired) electrons. The molecule has 5 atom stereocenters. The Kier molecular flexibility index (Phi) is 14.6. The molecule has 3 amide bonds. The van der Waals surface area contributed by atoms with Crippen molar-refractivity contribution in [2.45, 2.75) is 85.1 Å². The molecule has 0 aliphatic rings. The summed E-state index contributed by atoms with van der Waals surface area (Å²) < 4.78 is 25.4. The molecule has 0 fully saturated rings. The number of carbonyl (C=O) groups is 3. The van der Waals surface area contributed by atoms with Gasteiger partial charge in [-0.15, -0.1) is 0 Å². The van der Waals surface area contributed by atoms with Gasteiger partial charge in [-0.2, -0.15) is 0 Å². The SMILES string of the molecule is CCCCS(=O)(=O)CC(NC(=O)c1cccnc1)C(=O)N[C@@H](CC(C)C)[C@@H](O)[C@H](O)[C@@H](C)C(=O)NCC(C)C. The highest BCUT2D eigenvalue weighted by Crippen LogP contribution is 2.17. The molecule has 12 heteroatoms. The van der Waals surface area contributed by atoms with Crippen molar-refractivity contribution >= 4 is 27.6 Å². The van der Waals surface area contributed by atoms with Gasteiger partial charge in [-0.25, -0.2) is 8.42 Å². The van der Waals surface area contributed by atoms with Crippen LogP contribution in [0.15, 0.2) is 24.5 Å². The number of nitrogens with zero attached hydrogens (tertiary/aromatic N) is 1. The van der Waals surface area contributed by atoms with Gasteiger partial charge in [0.15, 0.2) is 9.84 Å². The molecule has 39 heavy (non-hydrogen) atoms. The second kappa shape index (κ2) is 16.5. The lowest BCUT2D eigenvalue weighted by Crippen LogP contribution is -2.58. The molecular weight excluding hydrogens is 524 g/mol. The Morgan fingerprint density at radius 1 is 0.974 bits per heavy atom. The van der Waals surface area contributed by atoms with E-state index in [2.05, 4.69) is 20.9 Å². The minimum absolute atomic E-state index is 0.0288. The predicted octanol–water partition coefficient (Wildman–Crippen LogP) is 1.06. The summed E-state index contributed by atoms with van der Waals surface area (Å²) in [5, 5.41) is 29.6. The van der Waals surface area contributed by atoms with Gasteiger partial charge in [-0.3, -0.25) is 19.4 Å². The van der Waals surface area contributed by atoms with Crippen molar-refractivity contribution in [3.63, 3.8) is 0 Å². The highest BCUT2D eigenvalue weighted by molar-refractivity contribution is 7.91. The molecule has 1 rings (SSSR count). The maximum Gasteiger partial charge on any atom is 0.253 e. The number of carbonyl (C=O) groups excluding carboxylic acids is 3. The average molecular weight is 571 g/mol. The minimum atomic E-state index is -3.71. The maximum absolute atomic E-state index is 13.4. The molecular formula is C27H46N4O7S. The highest BCUT2D eigenvalue weighted by atomic mass is 32.2. The lowest BCUT2D eigenvalue weighted by atomic mass is 9.89. The van der Waals surface area contributed by atoms with Crippen molar-refractivity contribution < 1.29 is 33.0 Å². The second-order valence-electron chi connectivity index (χ2n) is 10.9. The third-order valence-electron chi connectivity index (χ3n) is 6.20. The molecule has 11 nitrogen and oxygen atoms in total. The van der Waals surface area contributed by atoms with Crippen LogP contribution in [-0.2, 0) is 19.4 Å². The Bertz CT molecular complexity index is 1020. The van der Waals surface area contributed by atoms with Crippen LogP contribution in [-0.4, -0.2) is 83.7 Å². The predicted molar refractivity (Wildman–Crippen MR) is 149 cm³/mol. The molecule has 0 bridgehead atoms. The first kappa shape index (κ1) is 34.5. The number of hydrogen-bond donors (Lipinski definition) is 5. The van der Waals surface area contributed by atoms with Crippen LogP contribution >= 0.6 is 0 Å². The summed E-state index contributed by atoms with van der Waals surface area (Å²) in [5.74, 6) is -3.51. The van der Waals surface area contributed by atoms with E-state index in [9.17, 15) is 33.0 Å². The van der Waals surface area contributed by atoms with Gasteiger partial charge in [0.05, 0.1) is 35.1 Å². The maximum atomic E-state index is 13.4. The monoisotopic (exact) mass is 570 g/mol. The van der Waals surface area contributed by atoms with E-state index in [1.54, 1.807) is 0 Å². The van der Waals surface area contributed by atoms with Gasteiger partial charge in [0, 0.05) is 18.9 Å². The van der Waals surface area contributed by atoms with E-state index in [0.29, 0.717) is 19.4 Å². The van der Waals surface area contributed by atoms with Crippen LogP contribution in [0.2, 0.25) is 0 Å². The first-order valence-corrected chi connectivity index (χ1v) is 15.4. The molecule has 0 spiro atoms. The first-order chi connectivity index (χ1) is 18.2. The number of unbranched alkanes of at least 4 members (excludes halogenated alkanes) is 1. The number of hydrogen-bond acceptors (Lipinski definition) is 8. The van der Waals surface area contributed by atoms with Crippen molar-refractivity contribution in [1.82, 2.24) is 20.9 Å². The standard InChI is InChI=1S/C27H46N4O7S/c1-7-8-12-39(37,38)16-22(31-26(35)20-10-9-11-28-15-20)27(36)30-21(13-17(2)3)24(33)23(32)19(6)25(34)29-14-18(4)5/h9-11,15,17-19,21-24,32-33H,7-8,12-14,16H2,1-6H3,(H,29,34)(H,30,36)(H,31,35)/t19-,21+,22?,23-,24-/m1/s1. The fourth-order valence-electron chi connectivity index (χ4n) is 3.85. The van der Waals surface area contributed by atoms with Gasteiger partial charge in [-0.1, -0.05) is 48.0 Å². The molecule has 1 aromatic rings. The molecule has 0 saturated heterocycles. The van der Waals surface area contributed by atoms with E-state index in [0.717, 1.165) is 0 Å². The molecule has 1 heterocycles. The van der Waals surface area contributed by atoms with E-state index >= 15 is 0 Å². The Labute approximate surface area is 232 Å². The van der Waals surface area contributed by atoms with Gasteiger partial charge in [-0.05, 0) is 36.8 Å². The molecule has 1 aromatic heterocycles. The number of aromatic nitrogens is 1. The minimum Gasteiger partial charge on any atom is -0.390 e. The highest BCUT2D eigenvalue weighted by Gasteiger charge is 2.36. The lowest BCUT2D eigenvalue weighted by molar-refractivity contribution is -0.133. The number of aliphatic hydroxyl groups excluding tert-OH is 2. The zero-order valence-electron chi connectivity index (χ0n) is 23.9. The van der Waals surface area contributed by atoms with Crippen molar-refractivity contribution in [1.29, 1.82) is 0 Å². The summed E-state index contributed by atoms with van der Waals surface area (Å²) in [7, 11) is -3.71. The third kappa shape index (κ3) is 12.4. The topological polar surface area (TPSA) is 175 Å². The van der Waals surface area contributed by atoms with E-state index in [1.807, 2.05) is 34.6 Å². The van der Waals surface area contributed by atoms with Gasteiger partial charge in [0.2, 0.25) is 11.8 Å². The normalized spacial score (nSPS) is 15.7. The number of amides is 3. The fraction of sp³-hybridized carbons (Fsp3) is 0.704. The summed E-state index contributed by atoms with van der Waals surface area (Å²) in [5.41, 5.74) is 0.150. The van der Waals surface area contributed by atoms with Gasteiger partial charge in [0.25, 0.3) is 5.91 Å². The van der Waals surface area contributed by atoms with E-state index in [1.165, 1.54) is 31.5 Å². The lowest BCUT2D eigenvalue weighted by Gasteiger charge is -2.32. The van der Waals surface area contributed by atoms with Crippen LogP contribution in [0.5, 0.6) is 0 Å². The number of aliphatic hydroxyl groups is 2. The molecule has 5 N–H and O–H groups in total. The summed E-state index contributed by atoms with van der Waals surface area (Å²) >= 11 is 0. The molecule has 1 unspecified atom stereocenters. The Morgan fingerprint density at radius 2 is 1.64 bits per heavy atom. The van der Waals surface area contributed by atoms with Gasteiger partial charge in [0.1, 0.15) is 12.1 Å². The zero-order valence-corrected chi connectivity index (χ0v) is 24.7. The van der Waals surface area contributed by atoms with E-state index in [-0.39, 0.29) is 29.6 Å². The van der Waals surface area contributed by atoms with Crippen LogP contribution in [0.25, 0.3) is 0 Å². The molecule has 0 aromatic carbocycles. The van der Waals surface area contributed by atoms with E-state index < -0.39 is 63.5 Å². The third-order valence-corrected chi connectivity index (χ3v) is 7.95. The number of nitrogens with one attached hydrogen (secondary N) is 3. The fourth-order valence-corrected chi connectivity index (χ4v) is 5.49. The van der Waals surface area contributed by atoms with Gasteiger partial charge < -0.3 is 26.2 Å². The molecule has 0 aliphatic carbocycles. The van der Waals surface area contributed by atoms with Crippen LogP contribution in [0.3, 0.4) is 0 Å². The average Bonchev–Trinajstić information content (AvgIpc) is 2.88. The molecule has 0 aliphatic heterocycles. The van der Waals surface area contributed by atoms with Crippen LogP contribution in [0.1, 0.15) is 71.2 Å². The summed E-state index contributed by atoms with van der Waals surface area (Å²) in [6, 6.07) is 0.557. The largest absolute Gasteiger partial charge is 0.390 e. The van der Waals surface area contributed by atoms with Crippen molar-refractivity contribution in [2.75, 3.05) is 18.1 Å². The van der Waals surface area contributed by atoms with Crippen LogP contribution < -0.4 is 16.0 Å². The van der Waals surface area contributed by atoms with Crippen LogP contribution in [0, 0.1) is 17.8 Å². The zero-order chi connectivity index (χ0) is 29.8. The van der Waals surface area contributed by atoms with Crippen molar-refractivity contribution in [2.24, 2.45) is 17.8 Å². The Hall–Kier alpha value is -2.57. The quantitative estimate of drug-likeness (QED) is 0.185. The summed E-state index contributed by atoms with van der Waals surface area (Å²) in [6.07, 6.45) is 1.02. The van der Waals surface area contributed by atoms with Crippen molar-refractivity contribution in [3.05, 3.63) is 30.1 Å². The number of pyridine rings is 1.